The number of thioether (sulfide) groups is 1. The van der Waals surface area contributed by atoms with E-state index in [9.17, 15) is 24.6 Å². The molecule has 2 aromatic rings. The average molecular weight is 400 g/mol. The molecule has 1 saturated heterocycles. The molecule has 0 aromatic heterocycles. The summed E-state index contributed by atoms with van der Waals surface area (Å²) in [5, 5.41) is 39.7. The molecule has 9 nitrogen and oxygen atoms in total. The first-order chi connectivity index (χ1) is 13.2. The number of carboxylic acids is 2. The van der Waals surface area contributed by atoms with Gasteiger partial charge in [0.2, 0.25) is 0 Å². The minimum absolute atomic E-state index is 0.0589. The molecule has 1 aliphatic heterocycles. The van der Waals surface area contributed by atoms with E-state index >= 15 is 0 Å². The van der Waals surface area contributed by atoms with Crippen LogP contribution in [0.4, 0.5) is 5.69 Å². The molecule has 1 fully saturated rings. The number of nitrogens with one attached hydrogen (secondary N) is 1. The lowest BCUT2D eigenvalue weighted by molar-refractivity contribution is -0.115. The van der Waals surface area contributed by atoms with Gasteiger partial charge < -0.3 is 25.7 Å². The van der Waals surface area contributed by atoms with Crippen LogP contribution in [0.2, 0.25) is 0 Å². The Labute approximate surface area is 161 Å². The summed E-state index contributed by atoms with van der Waals surface area (Å²) in [6.45, 7) is 0. The third-order valence-corrected chi connectivity index (χ3v) is 4.50. The standard InChI is InChI=1S/C18H12N2O7S/c21-12-2-1-8(3-13(12)22)4-14-15(23)20-18(28-14)19-11-6-9(16(24)25)5-10(7-11)17(26)27/h1-7,21-22H,(H,24,25)(H,26,27)(H,19,20,23)/b14-4-. The molecule has 0 unspecified atom stereocenters. The molecule has 0 bridgehead atoms. The fraction of sp³-hybridized carbons (Fsp3) is 0. The number of rotatable bonds is 4. The number of benzene rings is 2. The lowest BCUT2D eigenvalue weighted by Crippen LogP contribution is -2.19. The van der Waals surface area contributed by atoms with Crippen LogP contribution >= 0.6 is 11.8 Å². The van der Waals surface area contributed by atoms with Crippen LogP contribution in [0.15, 0.2) is 46.3 Å². The van der Waals surface area contributed by atoms with Crippen LogP contribution < -0.4 is 5.32 Å². The molecule has 0 atom stereocenters. The SMILES string of the molecule is O=C1NC(=Nc2cc(C(=O)O)cc(C(=O)O)c2)S/C1=C\c1ccc(O)c(O)c1. The number of aromatic hydroxyl groups is 2. The van der Waals surface area contributed by atoms with Crippen molar-refractivity contribution in [2.45, 2.75) is 0 Å². The van der Waals surface area contributed by atoms with Gasteiger partial charge in [-0.15, -0.1) is 0 Å². The molecular weight excluding hydrogens is 388 g/mol. The molecule has 2 aromatic carbocycles. The Kier molecular flexibility index (Phi) is 5.05. The van der Waals surface area contributed by atoms with Gasteiger partial charge in [0.1, 0.15) is 0 Å². The molecule has 0 radical (unpaired) electrons. The predicted molar refractivity (Wildman–Crippen MR) is 101 cm³/mol. The fourth-order valence-corrected chi connectivity index (χ4v) is 3.14. The quantitative estimate of drug-likeness (QED) is 0.387. The zero-order chi connectivity index (χ0) is 20.4. The summed E-state index contributed by atoms with van der Waals surface area (Å²) in [6, 6.07) is 7.44. The van der Waals surface area contributed by atoms with Gasteiger partial charge in [-0.3, -0.25) is 4.79 Å². The van der Waals surface area contributed by atoms with E-state index in [0.717, 1.165) is 17.8 Å². The first-order valence-corrected chi connectivity index (χ1v) is 8.48. The van der Waals surface area contributed by atoms with E-state index in [1.807, 2.05) is 0 Å². The number of amides is 1. The minimum Gasteiger partial charge on any atom is -0.504 e. The van der Waals surface area contributed by atoms with Crippen molar-refractivity contribution in [1.82, 2.24) is 5.32 Å². The van der Waals surface area contributed by atoms with Crippen molar-refractivity contribution in [2.75, 3.05) is 0 Å². The van der Waals surface area contributed by atoms with Crippen molar-refractivity contribution in [3.8, 4) is 11.5 Å². The van der Waals surface area contributed by atoms with Gasteiger partial charge in [0.05, 0.1) is 21.7 Å². The summed E-state index contributed by atoms with van der Waals surface area (Å²) in [5.41, 5.74) is 0.0340. The summed E-state index contributed by atoms with van der Waals surface area (Å²) >= 11 is 0.958. The summed E-state index contributed by atoms with van der Waals surface area (Å²) in [7, 11) is 0. The van der Waals surface area contributed by atoms with E-state index in [2.05, 4.69) is 10.3 Å². The van der Waals surface area contributed by atoms with Gasteiger partial charge >= 0.3 is 11.9 Å². The van der Waals surface area contributed by atoms with Crippen LogP contribution in [0.3, 0.4) is 0 Å². The van der Waals surface area contributed by atoms with Crippen molar-refractivity contribution in [1.29, 1.82) is 0 Å². The van der Waals surface area contributed by atoms with Gasteiger partial charge in [-0.2, -0.15) is 0 Å². The van der Waals surface area contributed by atoms with Gasteiger partial charge in [0.25, 0.3) is 5.91 Å². The van der Waals surface area contributed by atoms with Crippen molar-refractivity contribution in [2.24, 2.45) is 4.99 Å². The van der Waals surface area contributed by atoms with E-state index in [1.165, 1.54) is 36.4 Å². The maximum atomic E-state index is 12.1. The van der Waals surface area contributed by atoms with Crippen LogP contribution in [0.5, 0.6) is 11.5 Å². The van der Waals surface area contributed by atoms with Gasteiger partial charge in [0.15, 0.2) is 16.7 Å². The van der Waals surface area contributed by atoms with E-state index in [0.29, 0.717) is 5.56 Å². The largest absolute Gasteiger partial charge is 0.504 e. The number of hydrogen-bond acceptors (Lipinski definition) is 7. The lowest BCUT2D eigenvalue weighted by Gasteiger charge is -2.02. The van der Waals surface area contributed by atoms with E-state index in [1.54, 1.807) is 0 Å². The second kappa shape index (κ2) is 7.45. The molecule has 142 valence electrons. The van der Waals surface area contributed by atoms with Crippen molar-refractivity contribution in [3.05, 3.63) is 58.0 Å². The molecule has 5 N–H and O–H groups in total. The third-order valence-electron chi connectivity index (χ3n) is 3.59. The number of phenolic OH excluding ortho intramolecular Hbond substituents is 2. The number of aliphatic imine (C=N–C) groups is 1. The minimum atomic E-state index is -1.31. The molecule has 1 heterocycles. The highest BCUT2D eigenvalue weighted by molar-refractivity contribution is 8.18. The highest BCUT2D eigenvalue weighted by atomic mass is 32.2. The first-order valence-electron chi connectivity index (χ1n) is 7.66. The summed E-state index contributed by atoms with van der Waals surface area (Å²) in [6.07, 6.45) is 1.47. The number of carbonyl (C=O) groups is 3. The molecular formula is C18H12N2O7S. The van der Waals surface area contributed by atoms with Crippen molar-refractivity contribution >= 4 is 46.5 Å². The second-order valence-corrected chi connectivity index (χ2v) is 6.64. The van der Waals surface area contributed by atoms with Gasteiger partial charge in [-0.25, -0.2) is 14.6 Å². The molecule has 0 aliphatic carbocycles. The normalized spacial score (nSPS) is 16.4. The summed E-state index contributed by atoms with van der Waals surface area (Å²) < 4.78 is 0. The van der Waals surface area contributed by atoms with Crippen LogP contribution in [0.1, 0.15) is 26.3 Å². The number of carbonyl (C=O) groups excluding carboxylic acids is 1. The Bertz CT molecular complexity index is 1040. The highest BCUT2D eigenvalue weighted by Gasteiger charge is 2.24. The summed E-state index contributed by atoms with van der Waals surface area (Å²) in [4.78, 5) is 38.8. The van der Waals surface area contributed by atoms with Gasteiger partial charge in [0, 0.05) is 0 Å². The Morgan fingerprint density at radius 1 is 0.964 bits per heavy atom. The Balaban J connectivity index is 1.91. The maximum absolute atomic E-state index is 12.1. The van der Waals surface area contributed by atoms with Gasteiger partial charge in [-0.05, 0) is 53.7 Å². The van der Waals surface area contributed by atoms with E-state index < -0.39 is 17.8 Å². The van der Waals surface area contributed by atoms with Crippen molar-refractivity contribution in [3.63, 3.8) is 0 Å². The first kappa shape index (κ1) is 19.0. The Hall–Kier alpha value is -3.79. The number of phenols is 2. The number of carboxylic acid groups (broad SMARTS) is 2. The smallest absolute Gasteiger partial charge is 0.335 e. The molecule has 0 saturated carbocycles. The van der Waals surface area contributed by atoms with Gasteiger partial charge in [-0.1, -0.05) is 6.07 Å². The molecule has 1 amide bonds. The zero-order valence-corrected chi connectivity index (χ0v) is 14.7. The molecule has 3 rings (SSSR count). The number of hydrogen-bond donors (Lipinski definition) is 5. The lowest BCUT2D eigenvalue weighted by atomic mass is 10.1. The third kappa shape index (κ3) is 4.13. The van der Waals surface area contributed by atoms with Crippen LogP contribution in [-0.4, -0.2) is 43.4 Å². The Morgan fingerprint density at radius 3 is 2.18 bits per heavy atom. The number of nitrogens with zero attached hydrogens (tertiary/aromatic N) is 1. The molecule has 10 heteroatoms. The monoisotopic (exact) mass is 400 g/mol. The zero-order valence-electron chi connectivity index (χ0n) is 13.9. The molecule has 28 heavy (non-hydrogen) atoms. The second-order valence-electron chi connectivity index (χ2n) is 5.61. The van der Waals surface area contributed by atoms with Crippen molar-refractivity contribution < 1.29 is 34.8 Å². The summed E-state index contributed by atoms with van der Waals surface area (Å²) in [5.74, 6) is -3.70. The van der Waals surface area contributed by atoms with E-state index in [-0.39, 0.29) is 38.4 Å². The fourth-order valence-electron chi connectivity index (χ4n) is 2.30. The Morgan fingerprint density at radius 2 is 1.61 bits per heavy atom. The maximum Gasteiger partial charge on any atom is 0.335 e. The van der Waals surface area contributed by atoms with Crippen LogP contribution in [0, 0.1) is 0 Å². The topological polar surface area (TPSA) is 157 Å². The highest BCUT2D eigenvalue weighted by Crippen LogP contribution is 2.31. The van der Waals surface area contributed by atoms with Crippen LogP contribution in [0.25, 0.3) is 6.08 Å². The average Bonchev–Trinajstić information content (AvgIpc) is 2.96. The molecule has 0 spiro atoms. The number of aromatic carboxylic acids is 2. The molecule has 1 aliphatic rings. The number of amidine groups is 1. The predicted octanol–water partition coefficient (Wildman–Crippen LogP) is 2.39. The van der Waals surface area contributed by atoms with Crippen LogP contribution in [-0.2, 0) is 4.79 Å². The van der Waals surface area contributed by atoms with E-state index in [4.69, 9.17) is 10.2 Å².